The van der Waals surface area contributed by atoms with Gasteiger partial charge in [-0.1, -0.05) is 6.07 Å². The summed E-state index contributed by atoms with van der Waals surface area (Å²) in [6.07, 6.45) is 3.60. The van der Waals surface area contributed by atoms with E-state index >= 15 is 0 Å². The molecule has 0 bridgehead atoms. The Morgan fingerprint density at radius 1 is 1.17 bits per heavy atom. The molecule has 3 rings (SSSR count). The first-order chi connectivity index (χ1) is 10.7. The van der Waals surface area contributed by atoms with Crippen molar-refractivity contribution in [2.75, 3.05) is 0 Å². The van der Waals surface area contributed by atoms with E-state index in [2.05, 4.69) is 11.1 Å². The van der Waals surface area contributed by atoms with Crippen molar-refractivity contribution in [1.82, 2.24) is 9.55 Å². The van der Waals surface area contributed by atoms with E-state index in [0.29, 0.717) is 5.56 Å². The Bertz CT molecular complexity index is 773. The zero-order valence-corrected chi connectivity index (χ0v) is 14.1. The molecule has 2 aromatic rings. The van der Waals surface area contributed by atoms with Gasteiger partial charge in [-0.15, -0.1) is 0 Å². The molecule has 0 spiro atoms. The maximum Gasteiger partial charge on any atom is 0.494 e. The van der Waals surface area contributed by atoms with Crippen LogP contribution in [-0.4, -0.2) is 27.9 Å². The lowest BCUT2D eigenvalue weighted by Crippen LogP contribution is -2.41. The second-order valence-electron chi connectivity index (χ2n) is 6.90. The second-order valence-corrected chi connectivity index (χ2v) is 6.90. The van der Waals surface area contributed by atoms with E-state index in [4.69, 9.17) is 9.31 Å². The van der Waals surface area contributed by atoms with Crippen LogP contribution < -0.4 is 5.46 Å². The number of rotatable bonds is 2. The summed E-state index contributed by atoms with van der Waals surface area (Å²) in [6.45, 7) is 9.98. The van der Waals surface area contributed by atoms with E-state index in [-0.39, 0.29) is 0 Å². The Hall–Kier alpha value is -2.10. The lowest BCUT2D eigenvalue weighted by molar-refractivity contribution is 0.00578. The molecule has 6 heteroatoms. The van der Waals surface area contributed by atoms with E-state index in [0.717, 1.165) is 16.8 Å². The molecule has 23 heavy (non-hydrogen) atoms. The molecule has 0 atom stereocenters. The fraction of sp³-hybridized carbons (Fsp3) is 0.412. The van der Waals surface area contributed by atoms with Gasteiger partial charge in [-0.3, -0.25) is 0 Å². The molecule has 0 radical (unpaired) electrons. The number of hydrogen-bond acceptors (Lipinski definition) is 4. The number of nitrogens with zero attached hydrogens (tertiary/aromatic N) is 3. The first-order valence-electron chi connectivity index (χ1n) is 7.64. The van der Waals surface area contributed by atoms with Crippen LogP contribution in [0.4, 0.5) is 0 Å². The van der Waals surface area contributed by atoms with Gasteiger partial charge in [0.15, 0.2) is 0 Å². The van der Waals surface area contributed by atoms with Crippen LogP contribution in [0.3, 0.4) is 0 Å². The highest BCUT2D eigenvalue weighted by molar-refractivity contribution is 6.62. The maximum atomic E-state index is 9.49. The number of imidazole rings is 1. The fourth-order valence-electron chi connectivity index (χ4n) is 2.55. The quantitative estimate of drug-likeness (QED) is 0.799. The summed E-state index contributed by atoms with van der Waals surface area (Å²) in [5.41, 5.74) is 2.32. The summed E-state index contributed by atoms with van der Waals surface area (Å²) in [6, 6.07) is 7.92. The van der Waals surface area contributed by atoms with Crippen molar-refractivity contribution < 1.29 is 9.31 Å². The van der Waals surface area contributed by atoms with Crippen LogP contribution >= 0.6 is 0 Å². The average molecular weight is 309 g/mol. The van der Waals surface area contributed by atoms with Crippen molar-refractivity contribution in [3.8, 4) is 11.8 Å². The van der Waals surface area contributed by atoms with Gasteiger partial charge in [-0.2, -0.15) is 5.26 Å². The van der Waals surface area contributed by atoms with Gasteiger partial charge in [0.05, 0.1) is 34.5 Å². The van der Waals surface area contributed by atoms with Gasteiger partial charge in [-0.05, 0) is 52.2 Å². The van der Waals surface area contributed by atoms with Crippen LogP contribution in [0.1, 0.15) is 39.0 Å². The van der Waals surface area contributed by atoms with Crippen molar-refractivity contribution in [2.45, 2.75) is 45.8 Å². The van der Waals surface area contributed by atoms with Crippen molar-refractivity contribution in [3.63, 3.8) is 0 Å². The minimum absolute atomic E-state index is 0.398. The largest absolute Gasteiger partial charge is 0.494 e. The third kappa shape index (κ3) is 2.67. The Kier molecular flexibility index (Phi) is 3.59. The van der Waals surface area contributed by atoms with E-state index in [1.165, 1.54) is 0 Å². The third-order valence-corrected chi connectivity index (χ3v) is 4.66. The topological polar surface area (TPSA) is 60.1 Å². The van der Waals surface area contributed by atoms with Gasteiger partial charge in [0.25, 0.3) is 0 Å². The van der Waals surface area contributed by atoms with Crippen LogP contribution in [0.2, 0.25) is 0 Å². The minimum Gasteiger partial charge on any atom is -0.399 e. The normalized spacial score (nSPS) is 18.9. The molecule has 1 aromatic carbocycles. The van der Waals surface area contributed by atoms with Crippen LogP contribution in [0.15, 0.2) is 30.7 Å². The monoisotopic (exact) mass is 309 g/mol. The highest BCUT2D eigenvalue weighted by Crippen LogP contribution is 2.36. The molecule has 0 amide bonds. The molecule has 1 aliphatic rings. The van der Waals surface area contributed by atoms with E-state index < -0.39 is 18.3 Å². The molecule has 2 heterocycles. The van der Waals surface area contributed by atoms with Crippen molar-refractivity contribution in [2.24, 2.45) is 0 Å². The van der Waals surface area contributed by atoms with Crippen LogP contribution in [-0.2, 0) is 9.31 Å². The molecule has 5 nitrogen and oxygen atoms in total. The molecule has 0 N–H and O–H groups in total. The summed E-state index contributed by atoms with van der Waals surface area (Å²) >= 11 is 0. The van der Waals surface area contributed by atoms with E-state index in [1.807, 2.05) is 63.6 Å². The first-order valence-corrected chi connectivity index (χ1v) is 7.64. The molecule has 1 fully saturated rings. The van der Waals surface area contributed by atoms with Gasteiger partial charge in [0.2, 0.25) is 0 Å². The standard InChI is InChI=1S/C17H20BN3O2/c1-12-10-21(11-20-12)15-7-6-14(8-13(15)9-19)18-22-16(2,3)17(4,5)23-18/h6-8,10-11H,1-5H3. The lowest BCUT2D eigenvalue weighted by Gasteiger charge is -2.32. The number of aryl methyl sites for hydroxylation is 1. The average Bonchev–Trinajstić information content (AvgIpc) is 2.99. The first kappa shape index (κ1) is 15.8. The molecule has 1 saturated heterocycles. The molecule has 0 aliphatic carbocycles. The predicted octanol–water partition coefficient (Wildman–Crippen LogP) is 2.35. The molecule has 1 aromatic heterocycles. The molecular weight excluding hydrogens is 289 g/mol. The fourth-order valence-corrected chi connectivity index (χ4v) is 2.55. The van der Waals surface area contributed by atoms with Gasteiger partial charge in [0, 0.05) is 6.20 Å². The zero-order chi connectivity index (χ0) is 16.8. The molecule has 1 aliphatic heterocycles. The highest BCUT2D eigenvalue weighted by Gasteiger charge is 2.51. The number of aromatic nitrogens is 2. The predicted molar refractivity (Wildman–Crippen MR) is 88.7 cm³/mol. The summed E-state index contributed by atoms with van der Waals surface area (Å²) in [5, 5.41) is 9.49. The van der Waals surface area contributed by atoms with Crippen LogP contribution in [0.5, 0.6) is 0 Å². The van der Waals surface area contributed by atoms with Crippen LogP contribution in [0, 0.1) is 18.3 Å². The Balaban J connectivity index is 1.97. The van der Waals surface area contributed by atoms with Crippen molar-refractivity contribution in [1.29, 1.82) is 5.26 Å². The number of nitriles is 1. The maximum absolute atomic E-state index is 9.49. The van der Waals surface area contributed by atoms with Gasteiger partial charge < -0.3 is 13.9 Å². The summed E-state index contributed by atoms with van der Waals surface area (Å²) in [4.78, 5) is 4.21. The van der Waals surface area contributed by atoms with E-state index in [1.54, 1.807) is 6.33 Å². The van der Waals surface area contributed by atoms with Gasteiger partial charge in [-0.25, -0.2) is 4.98 Å². The Labute approximate surface area is 137 Å². The third-order valence-electron chi connectivity index (χ3n) is 4.66. The smallest absolute Gasteiger partial charge is 0.399 e. The molecule has 0 unspecified atom stereocenters. The molecule has 0 saturated carbocycles. The summed E-state index contributed by atoms with van der Waals surface area (Å²) in [5.74, 6) is 0. The van der Waals surface area contributed by atoms with Crippen molar-refractivity contribution in [3.05, 3.63) is 42.0 Å². The number of benzene rings is 1. The number of hydrogen-bond donors (Lipinski definition) is 0. The zero-order valence-electron chi connectivity index (χ0n) is 14.1. The second kappa shape index (κ2) is 5.22. The van der Waals surface area contributed by atoms with Crippen molar-refractivity contribution >= 4 is 12.6 Å². The minimum atomic E-state index is -0.467. The van der Waals surface area contributed by atoms with Gasteiger partial charge in [0.1, 0.15) is 6.07 Å². The Morgan fingerprint density at radius 2 is 1.83 bits per heavy atom. The van der Waals surface area contributed by atoms with Crippen LogP contribution in [0.25, 0.3) is 5.69 Å². The Morgan fingerprint density at radius 3 is 2.35 bits per heavy atom. The summed E-state index contributed by atoms with van der Waals surface area (Å²) < 4.78 is 13.9. The summed E-state index contributed by atoms with van der Waals surface area (Å²) in [7, 11) is -0.467. The van der Waals surface area contributed by atoms with Gasteiger partial charge >= 0.3 is 7.12 Å². The highest BCUT2D eigenvalue weighted by atomic mass is 16.7. The van der Waals surface area contributed by atoms with E-state index in [9.17, 15) is 5.26 Å². The lowest BCUT2D eigenvalue weighted by atomic mass is 9.78. The SMILES string of the molecule is Cc1cn(-c2ccc(B3OC(C)(C)C(C)(C)O3)cc2C#N)cn1. The molecule has 118 valence electrons. The molecular formula is C17H20BN3O2.